The van der Waals surface area contributed by atoms with E-state index in [1.807, 2.05) is 24.4 Å². The standard InChI is InChI=1S/C14H19NO3S/c1-10-5-2-3-7-14(10,13(17)18)15-12(16)9-11-6-4-8-19-11/h4,6,8,10H,2-3,5,7,9H2,1H3,(H,15,16)(H,17,18). The summed E-state index contributed by atoms with van der Waals surface area (Å²) in [6.45, 7) is 1.92. The zero-order valence-corrected chi connectivity index (χ0v) is 11.8. The fourth-order valence-electron chi connectivity index (χ4n) is 2.77. The summed E-state index contributed by atoms with van der Waals surface area (Å²) in [6, 6.07) is 3.78. The van der Waals surface area contributed by atoms with Gasteiger partial charge in [0, 0.05) is 4.88 Å². The Kier molecular flexibility index (Phi) is 4.24. The second kappa shape index (κ2) is 5.74. The fourth-order valence-corrected chi connectivity index (χ4v) is 3.47. The molecule has 5 heteroatoms. The van der Waals surface area contributed by atoms with Crippen molar-refractivity contribution in [2.45, 2.75) is 44.6 Å². The molecule has 0 radical (unpaired) electrons. The largest absolute Gasteiger partial charge is 0.479 e. The summed E-state index contributed by atoms with van der Waals surface area (Å²) in [5.74, 6) is -1.12. The second-order valence-corrected chi connectivity index (χ2v) is 6.26. The van der Waals surface area contributed by atoms with Crippen LogP contribution in [0.4, 0.5) is 0 Å². The Morgan fingerprint density at radius 2 is 2.32 bits per heavy atom. The van der Waals surface area contributed by atoms with Gasteiger partial charge >= 0.3 is 5.97 Å². The molecule has 0 aromatic carbocycles. The second-order valence-electron chi connectivity index (χ2n) is 5.23. The molecule has 19 heavy (non-hydrogen) atoms. The van der Waals surface area contributed by atoms with Gasteiger partial charge in [0.05, 0.1) is 6.42 Å². The van der Waals surface area contributed by atoms with Crippen molar-refractivity contribution in [3.05, 3.63) is 22.4 Å². The maximum absolute atomic E-state index is 12.1. The van der Waals surface area contributed by atoms with Gasteiger partial charge in [-0.15, -0.1) is 11.3 Å². The molecule has 2 atom stereocenters. The van der Waals surface area contributed by atoms with Crippen molar-refractivity contribution in [2.24, 2.45) is 5.92 Å². The predicted molar refractivity (Wildman–Crippen MR) is 74.2 cm³/mol. The summed E-state index contributed by atoms with van der Waals surface area (Å²) in [4.78, 5) is 24.6. The molecule has 1 saturated carbocycles. The van der Waals surface area contributed by atoms with E-state index in [1.165, 1.54) is 11.3 Å². The Hall–Kier alpha value is -1.36. The topological polar surface area (TPSA) is 66.4 Å². The molecule has 0 bridgehead atoms. The van der Waals surface area contributed by atoms with Crippen LogP contribution in [0.15, 0.2) is 17.5 Å². The Bertz CT molecular complexity index is 457. The lowest BCUT2D eigenvalue weighted by Crippen LogP contribution is -2.60. The minimum absolute atomic E-state index is 0.0222. The van der Waals surface area contributed by atoms with Crippen LogP contribution < -0.4 is 5.32 Å². The normalized spacial score (nSPS) is 26.9. The van der Waals surface area contributed by atoms with Gasteiger partial charge in [-0.05, 0) is 30.2 Å². The van der Waals surface area contributed by atoms with Crippen molar-refractivity contribution in [1.82, 2.24) is 5.32 Å². The van der Waals surface area contributed by atoms with E-state index in [2.05, 4.69) is 5.32 Å². The van der Waals surface area contributed by atoms with Crippen LogP contribution in [0.5, 0.6) is 0 Å². The summed E-state index contributed by atoms with van der Waals surface area (Å²) in [5, 5.41) is 14.2. The van der Waals surface area contributed by atoms with Crippen LogP contribution in [-0.4, -0.2) is 22.5 Å². The number of hydrogen-bond donors (Lipinski definition) is 2. The average molecular weight is 281 g/mol. The molecule has 2 unspecified atom stereocenters. The molecule has 1 heterocycles. The van der Waals surface area contributed by atoms with Crippen LogP contribution in [0.3, 0.4) is 0 Å². The lowest BCUT2D eigenvalue weighted by molar-refractivity contribution is -0.151. The third kappa shape index (κ3) is 2.97. The zero-order chi connectivity index (χ0) is 13.9. The van der Waals surface area contributed by atoms with Crippen LogP contribution >= 0.6 is 11.3 Å². The summed E-state index contributed by atoms with van der Waals surface area (Å²) < 4.78 is 0. The molecule has 4 nitrogen and oxygen atoms in total. The van der Waals surface area contributed by atoms with Gasteiger partial charge in [-0.25, -0.2) is 4.79 Å². The summed E-state index contributed by atoms with van der Waals surface area (Å²) in [7, 11) is 0. The van der Waals surface area contributed by atoms with Gasteiger partial charge in [-0.2, -0.15) is 0 Å². The highest BCUT2D eigenvalue weighted by molar-refractivity contribution is 7.10. The van der Waals surface area contributed by atoms with Crippen LogP contribution in [-0.2, 0) is 16.0 Å². The first-order valence-corrected chi connectivity index (χ1v) is 7.49. The van der Waals surface area contributed by atoms with Crippen LogP contribution in [0, 0.1) is 5.92 Å². The van der Waals surface area contributed by atoms with Crippen molar-refractivity contribution in [3.8, 4) is 0 Å². The highest BCUT2D eigenvalue weighted by Crippen LogP contribution is 2.34. The number of aliphatic carboxylic acids is 1. The Balaban J connectivity index is 2.08. The van der Waals surface area contributed by atoms with Crippen molar-refractivity contribution < 1.29 is 14.7 Å². The number of thiophene rings is 1. The SMILES string of the molecule is CC1CCCCC1(NC(=O)Cc1cccs1)C(=O)O. The lowest BCUT2D eigenvalue weighted by atomic mass is 9.73. The molecule has 0 spiro atoms. The van der Waals surface area contributed by atoms with Gasteiger partial charge in [0.1, 0.15) is 5.54 Å². The summed E-state index contributed by atoms with van der Waals surface area (Å²) in [6.07, 6.45) is 3.54. The molecule has 1 aromatic rings. The molecule has 2 N–H and O–H groups in total. The van der Waals surface area contributed by atoms with Gasteiger partial charge < -0.3 is 10.4 Å². The van der Waals surface area contributed by atoms with Crippen LogP contribution in [0.2, 0.25) is 0 Å². The maximum atomic E-state index is 12.1. The van der Waals surface area contributed by atoms with Crippen molar-refractivity contribution >= 4 is 23.2 Å². The third-order valence-electron chi connectivity index (χ3n) is 3.96. The Morgan fingerprint density at radius 3 is 2.89 bits per heavy atom. The van der Waals surface area contributed by atoms with E-state index >= 15 is 0 Å². The quantitative estimate of drug-likeness (QED) is 0.891. The molecule has 1 amide bonds. The van der Waals surface area contributed by atoms with Gasteiger partial charge in [0.2, 0.25) is 5.91 Å². The van der Waals surface area contributed by atoms with E-state index in [-0.39, 0.29) is 18.2 Å². The Morgan fingerprint density at radius 1 is 1.53 bits per heavy atom. The Labute approximate surface area is 116 Å². The van der Waals surface area contributed by atoms with Gasteiger partial charge in [-0.1, -0.05) is 25.8 Å². The number of carbonyl (C=O) groups excluding carboxylic acids is 1. The minimum Gasteiger partial charge on any atom is -0.479 e. The number of amides is 1. The maximum Gasteiger partial charge on any atom is 0.329 e. The van der Waals surface area contributed by atoms with E-state index in [0.29, 0.717) is 6.42 Å². The first-order valence-electron chi connectivity index (χ1n) is 6.61. The van der Waals surface area contributed by atoms with Gasteiger partial charge in [-0.3, -0.25) is 4.79 Å². The number of hydrogen-bond acceptors (Lipinski definition) is 3. The average Bonchev–Trinajstić information content (AvgIpc) is 2.84. The molecular formula is C14H19NO3S. The molecule has 1 aliphatic rings. The highest BCUT2D eigenvalue weighted by Gasteiger charge is 2.46. The first kappa shape index (κ1) is 14.1. The smallest absolute Gasteiger partial charge is 0.329 e. The number of nitrogens with one attached hydrogen (secondary N) is 1. The molecule has 1 aromatic heterocycles. The molecule has 2 rings (SSSR count). The number of rotatable bonds is 4. The van der Waals surface area contributed by atoms with E-state index in [9.17, 15) is 14.7 Å². The van der Waals surface area contributed by atoms with Gasteiger partial charge in [0.25, 0.3) is 0 Å². The van der Waals surface area contributed by atoms with E-state index in [1.54, 1.807) is 0 Å². The number of carboxylic acid groups (broad SMARTS) is 1. The molecular weight excluding hydrogens is 262 g/mol. The monoisotopic (exact) mass is 281 g/mol. The molecule has 0 aliphatic heterocycles. The molecule has 1 fully saturated rings. The fraction of sp³-hybridized carbons (Fsp3) is 0.571. The van der Waals surface area contributed by atoms with E-state index in [0.717, 1.165) is 24.1 Å². The van der Waals surface area contributed by atoms with Crippen LogP contribution in [0.25, 0.3) is 0 Å². The third-order valence-corrected chi connectivity index (χ3v) is 4.83. The van der Waals surface area contributed by atoms with E-state index < -0.39 is 11.5 Å². The number of carbonyl (C=O) groups is 2. The summed E-state index contributed by atoms with van der Waals surface area (Å²) in [5.41, 5.74) is -1.08. The minimum atomic E-state index is -1.08. The number of carboxylic acids is 1. The molecule has 104 valence electrons. The molecule has 1 aliphatic carbocycles. The lowest BCUT2D eigenvalue weighted by Gasteiger charge is -2.39. The van der Waals surface area contributed by atoms with Crippen molar-refractivity contribution in [1.29, 1.82) is 0 Å². The molecule has 0 saturated heterocycles. The van der Waals surface area contributed by atoms with Crippen molar-refractivity contribution in [3.63, 3.8) is 0 Å². The van der Waals surface area contributed by atoms with Crippen LogP contribution in [0.1, 0.15) is 37.5 Å². The summed E-state index contributed by atoms with van der Waals surface area (Å²) >= 11 is 1.51. The van der Waals surface area contributed by atoms with Crippen molar-refractivity contribution in [2.75, 3.05) is 0 Å². The van der Waals surface area contributed by atoms with E-state index in [4.69, 9.17) is 0 Å². The predicted octanol–water partition coefficient (Wildman–Crippen LogP) is 2.44. The highest BCUT2D eigenvalue weighted by atomic mass is 32.1. The van der Waals surface area contributed by atoms with Gasteiger partial charge in [0.15, 0.2) is 0 Å². The first-order chi connectivity index (χ1) is 9.04. The zero-order valence-electron chi connectivity index (χ0n) is 11.0.